The molecule has 0 bridgehead atoms. The van der Waals surface area contributed by atoms with Crippen molar-refractivity contribution in [2.75, 3.05) is 6.54 Å². The summed E-state index contributed by atoms with van der Waals surface area (Å²) in [6.45, 7) is 3.82. The fourth-order valence-electron chi connectivity index (χ4n) is 3.31. The Labute approximate surface area is 168 Å². The van der Waals surface area contributed by atoms with Crippen LogP contribution in [0.1, 0.15) is 57.4 Å². The van der Waals surface area contributed by atoms with Gasteiger partial charge in [-0.2, -0.15) is 0 Å². The van der Waals surface area contributed by atoms with Crippen LogP contribution in [0.5, 0.6) is 5.88 Å². The van der Waals surface area contributed by atoms with Gasteiger partial charge in [0.05, 0.1) is 6.54 Å². The van der Waals surface area contributed by atoms with E-state index >= 15 is 0 Å². The fourth-order valence-corrected chi connectivity index (χ4v) is 3.31. The maximum absolute atomic E-state index is 6.05. The van der Waals surface area contributed by atoms with Gasteiger partial charge >= 0.3 is 0 Å². The highest BCUT2D eigenvalue weighted by atomic mass is 127. The van der Waals surface area contributed by atoms with Crippen molar-refractivity contribution in [1.82, 2.24) is 10.3 Å². The first kappa shape index (κ1) is 20.3. The van der Waals surface area contributed by atoms with Crippen LogP contribution in [0, 0.1) is 11.8 Å². The second kappa shape index (κ2) is 10.2. The van der Waals surface area contributed by atoms with E-state index in [1.807, 2.05) is 12.1 Å². The van der Waals surface area contributed by atoms with E-state index in [0.29, 0.717) is 24.5 Å². The van der Waals surface area contributed by atoms with Crippen molar-refractivity contribution >= 4 is 29.9 Å². The molecule has 1 aromatic heterocycles. The first-order chi connectivity index (χ1) is 11.7. The number of rotatable bonds is 6. The summed E-state index contributed by atoms with van der Waals surface area (Å²) >= 11 is 0. The quantitative estimate of drug-likeness (QED) is 0.386. The molecule has 1 aromatic rings. The summed E-state index contributed by atoms with van der Waals surface area (Å²) < 4.78 is 6.05. The van der Waals surface area contributed by atoms with Crippen molar-refractivity contribution in [3.8, 4) is 5.88 Å². The number of aromatic nitrogens is 1. The van der Waals surface area contributed by atoms with E-state index in [-0.39, 0.29) is 24.0 Å². The lowest BCUT2D eigenvalue weighted by Crippen LogP contribution is -2.37. The van der Waals surface area contributed by atoms with Crippen LogP contribution < -0.4 is 15.8 Å². The molecular weight excluding hydrogens is 427 g/mol. The highest BCUT2D eigenvalue weighted by molar-refractivity contribution is 14.0. The second-order valence-corrected chi connectivity index (χ2v) is 7.38. The lowest BCUT2D eigenvalue weighted by molar-refractivity contribution is 0.130. The largest absolute Gasteiger partial charge is 0.474 e. The number of nitrogens with two attached hydrogens (primary N) is 1. The second-order valence-electron chi connectivity index (χ2n) is 7.38. The predicted octanol–water partition coefficient (Wildman–Crippen LogP) is 3.86. The Balaban J connectivity index is 0.00000225. The molecule has 0 radical (unpaired) electrons. The topological polar surface area (TPSA) is 72.5 Å². The third-order valence-electron chi connectivity index (χ3n) is 5.28. The molecule has 0 spiro atoms. The van der Waals surface area contributed by atoms with Gasteiger partial charge in [0.25, 0.3) is 0 Å². The van der Waals surface area contributed by atoms with Crippen LogP contribution in [-0.2, 0) is 6.54 Å². The summed E-state index contributed by atoms with van der Waals surface area (Å²) in [7, 11) is 0. The van der Waals surface area contributed by atoms with Crippen molar-refractivity contribution in [1.29, 1.82) is 0 Å². The van der Waals surface area contributed by atoms with Gasteiger partial charge in [-0.15, -0.1) is 24.0 Å². The van der Waals surface area contributed by atoms with Gasteiger partial charge in [-0.3, -0.25) is 0 Å². The summed E-state index contributed by atoms with van der Waals surface area (Å²) in [5.41, 5.74) is 7.02. The highest BCUT2D eigenvalue weighted by Crippen LogP contribution is 2.27. The number of ether oxygens (including phenoxy) is 1. The first-order valence-corrected chi connectivity index (χ1v) is 9.34. The van der Waals surface area contributed by atoms with Crippen molar-refractivity contribution in [3.05, 3.63) is 23.9 Å². The monoisotopic (exact) mass is 458 g/mol. The fraction of sp³-hybridized carbons (Fsp3) is 0.684. The van der Waals surface area contributed by atoms with E-state index in [1.54, 1.807) is 6.20 Å². The van der Waals surface area contributed by atoms with Crippen LogP contribution in [0.4, 0.5) is 0 Å². The van der Waals surface area contributed by atoms with Crippen LogP contribution in [0.3, 0.4) is 0 Å². The zero-order chi connectivity index (χ0) is 16.8. The van der Waals surface area contributed by atoms with Gasteiger partial charge in [0, 0.05) is 18.8 Å². The number of guanidine groups is 1. The molecule has 2 saturated carbocycles. The molecule has 0 unspecified atom stereocenters. The third-order valence-corrected chi connectivity index (χ3v) is 5.28. The van der Waals surface area contributed by atoms with Crippen LogP contribution in [-0.4, -0.2) is 23.6 Å². The minimum Gasteiger partial charge on any atom is -0.474 e. The molecule has 0 aliphatic heterocycles. The minimum absolute atomic E-state index is 0. The summed E-state index contributed by atoms with van der Waals surface area (Å²) in [6.07, 6.45) is 10.8. The Morgan fingerprint density at radius 1 is 1.28 bits per heavy atom. The molecule has 2 aliphatic carbocycles. The van der Waals surface area contributed by atoms with Gasteiger partial charge in [0.15, 0.2) is 5.96 Å². The van der Waals surface area contributed by atoms with Crippen molar-refractivity contribution < 1.29 is 4.74 Å². The molecule has 6 heteroatoms. The summed E-state index contributed by atoms with van der Waals surface area (Å²) in [5.74, 6) is 2.84. The van der Waals surface area contributed by atoms with Crippen molar-refractivity contribution in [2.24, 2.45) is 22.6 Å². The van der Waals surface area contributed by atoms with Gasteiger partial charge in [-0.1, -0.05) is 13.3 Å². The molecule has 0 aromatic carbocycles. The smallest absolute Gasteiger partial charge is 0.213 e. The molecule has 0 amide bonds. The molecule has 140 valence electrons. The molecule has 1 heterocycles. The van der Waals surface area contributed by atoms with Gasteiger partial charge in [0.2, 0.25) is 5.88 Å². The van der Waals surface area contributed by atoms with E-state index in [1.165, 1.54) is 32.1 Å². The Bertz CT molecular complexity index is 554. The van der Waals surface area contributed by atoms with Crippen LogP contribution in [0.25, 0.3) is 0 Å². The number of hydrogen-bond donors (Lipinski definition) is 2. The summed E-state index contributed by atoms with van der Waals surface area (Å²) in [5, 5.41) is 3.22. The highest BCUT2D eigenvalue weighted by Gasteiger charge is 2.20. The molecular formula is C19H31IN4O. The van der Waals surface area contributed by atoms with Crippen molar-refractivity contribution in [2.45, 2.75) is 64.5 Å². The zero-order valence-corrected chi connectivity index (χ0v) is 17.4. The average Bonchev–Trinajstić information content (AvgIpc) is 2.54. The first-order valence-electron chi connectivity index (χ1n) is 9.34. The van der Waals surface area contributed by atoms with Gasteiger partial charge in [-0.05, 0) is 62.0 Å². The third kappa shape index (κ3) is 6.64. The molecule has 3 rings (SSSR count). The Morgan fingerprint density at radius 2 is 2.04 bits per heavy atom. The van der Waals surface area contributed by atoms with E-state index in [9.17, 15) is 0 Å². The number of nitrogens with zero attached hydrogens (tertiary/aromatic N) is 2. The number of halogens is 1. The Kier molecular flexibility index (Phi) is 8.26. The molecule has 2 fully saturated rings. The van der Waals surface area contributed by atoms with E-state index < -0.39 is 0 Å². The van der Waals surface area contributed by atoms with E-state index in [2.05, 4.69) is 22.2 Å². The Morgan fingerprint density at radius 3 is 2.72 bits per heavy atom. The van der Waals surface area contributed by atoms with Crippen molar-refractivity contribution in [3.63, 3.8) is 0 Å². The molecule has 0 saturated heterocycles. The maximum Gasteiger partial charge on any atom is 0.213 e. The maximum atomic E-state index is 6.05. The lowest BCUT2D eigenvalue weighted by atomic mass is 9.85. The number of aliphatic imine (C=N–C) groups is 1. The molecule has 0 atom stereocenters. The summed E-state index contributed by atoms with van der Waals surface area (Å²) in [6, 6.07) is 3.96. The molecule has 5 nitrogen and oxygen atoms in total. The van der Waals surface area contributed by atoms with Crippen LogP contribution in [0.2, 0.25) is 0 Å². The van der Waals surface area contributed by atoms with Gasteiger partial charge in [-0.25, -0.2) is 9.98 Å². The standard InChI is InChI=1S/C19H30N4O.HI/c1-14-5-7-17(8-6-14)24-18-11-16(9-10-21-18)13-23-19(20)22-12-15-3-2-4-15;/h9-11,14-15,17H,2-8,12-13H2,1H3,(H3,20,22,23);1H. The lowest BCUT2D eigenvalue weighted by Gasteiger charge is -2.26. The number of hydrogen-bond acceptors (Lipinski definition) is 3. The average molecular weight is 458 g/mol. The van der Waals surface area contributed by atoms with Gasteiger partial charge in [0.1, 0.15) is 6.10 Å². The van der Waals surface area contributed by atoms with Crippen LogP contribution >= 0.6 is 24.0 Å². The van der Waals surface area contributed by atoms with E-state index in [0.717, 1.165) is 36.8 Å². The molecule has 3 N–H and O–H groups in total. The normalized spacial score (nSPS) is 24.1. The van der Waals surface area contributed by atoms with Gasteiger partial charge < -0.3 is 15.8 Å². The zero-order valence-electron chi connectivity index (χ0n) is 15.1. The Hall–Kier alpha value is -1.05. The van der Waals surface area contributed by atoms with E-state index in [4.69, 9.17) is 10.5 Å². The molecule has 25 heavy (non-hydrogen) atoms. The molecule has 2 aliphatic rings. The number of nitrogens with one attached hydrogen (secondary N) is 1. The number of pyridine rings is 1. The van der Waals surface area contributed by atoms with Crippen LogP contribution in [0.15, 0.2) is 23.3 Å². The minimum atomic E-state index is 0. The SMILES string of the molecule is CC1CCC(Oc2cc(CN=C(N)NCC3CCC3)ccn2)CC1.I. The predicted molar refractivity (Wildman–Crippen MR) is 112 cm³/mol. The summed E-state index contributed by atoms with van der Waals surface area (Å²) in [4.78, 5) is 8.76.